The SMILES string of the molecule is COc1ccc(C(O)Cc2ccc(F)c(F)c2)c(Br)c1. The average Bonchev–Trinajstić information content (AvgIpc) is 2.42. The van der Waals surface area contributed by atoms with Crippen molar-refractivity contribution in [2.45, 2.75) is 12.5 Å². The van der Waals surface area contributed by atoms with Gasteiger partial charge in [0, 0.05) is 10.9 Å². The van der Waals surface area contributed by atoms with E-state index in [9.17, 15) is 13.9 Å². The first-order chi connectivity index (χ1) is 9.51. The summed E-state index contributed by atoms with van der Waals surface area (Å²) in [5.41, 5.74) is 1.19. The molecule has 0 fully saturated rings. The van der Waals surface area contributed by atoms with Crippen molar-refractivity contribution in [2.75, 3.05) is 7.11 Å². The monoisotopic (exact) mass is 342 g/mol. The van der Waals surface area contributed by atoms with Gasteiger partial charge in [-0.2, -0.15) is 0 Å². The van der Waals surface area contributed by atoms with E-state index in [4.69, 9.17) is 4.74 Å². The van der Waals surface area contributed by atoms with Crippen LogP contribution >= 0.6 is 15.9 Å². The van der Waals surface area contributed by atoms with E-state index in [1.165, 1.54) is 6.07 Å². The summed E-state index contributed by atoms with van der Waals surface area (Å²) in [4.78, 5) is 0. The van der Waals surface area contributed by atoms with Crippen LogP contribution in [-0.2, 0) is 6.42 Å². The van der Waals surface area contributed by atoms with Gasteiger partial charge < -0.3 is 9.84 Å². The van der Waals surface area contributed by atoms with Gasteiger partial charge in [0.25, 0.3) is 0 Å². The predicted molar refractivity (Wildman–Crippen MR) is 75.7 cm³/mol. The number of rotatable bonds is 4. The second kappa shape index (κ2) is 6.33. The Bertz CT molecular complexity index is 617. The topological polar surface area (TPSA) is 29.5 Å². The Kier molecular flexibility index (Phi) is 4.73. The molecule has 0 radical (unpaired) electrons. The highest BCUT2D eigenvalue weighted by Gasteiger charge is 2.14. The highest BCUT2D eigenvalue weighted by molar-refractivity contribution is 9.10. The highest BCUT2D eigenvalue weighted by atomic mass is 79.9. The summed E-state index contributed by atoms with van der Waals surface area (Å²) in [5.74, 6) is -1.14. The Hall–Kier alpha value is -1.46. The van der Waals surface area contributed by atoms with Gasteiger partial charge in [-0.1, -0.05) is 28.1 Å². The van der Waals surface area contributed by atoms with Crippen molar-refractivity contribution in [1.82, 2.24) is 0 Å². The van der Waals surface area contributed by atoms with Crippen LogP contribution in [0.15, 0.2) is 40.9 Å². The molecule has 2 aromatic carbocycles. The zero-order chi connectivity index (χ0) is 14.7. The van der Waals surface area contributed by atoms with Crippen molar-refractivity contribution in [2.24, 2.45) is 0 Å². The lowest BCUT2D eigenvalue weighted by atomic mass is 10.0. The maximum atomic E-state index is 13.1. The van der Waals surface area contributed by atoms with Crippen LogP contribution in [0.3, 0.4) is 0 Å². The van der Waals surface area contributed by atoms with E-state index in [-0.39, 0.29) is 6.42 Å². The first-order valence-electron chi connectivity index (χ1n) is 5.96. The third-order valence-electron chi connectivity index (χ3n) is 2.98. The maximum Gasteiger partial charge on any atom is 0.159 e. The van der Waals surface area contributed by atoms with Crippen molar-refractivity contribution in [3.8, 4) is 5.75 Å². The van der Waals surface area contributed by atoms with Gasteiger partial charge in [-0.15, -0.1) is 0 Å². The minimum atomic E-state index is -0.913. The van der Waals surface area contributed by atoms with Crippen molar-refractivity contribution in [3.05, 3.63) is 63.6 Å². The van der Waals surface area contributed by atoms with Gasteiger partial charge in [0.05, 0.1) is 13.2 Å². The summed E-state index contributed by atoms with van der Waals surface area (Å²) >= 11 is 3.35. The second-order valence-electron chi connectivity index (χ2n) is 4.36. The molecule has 1 unspecified atom stereocenters. The van der Waals surface area contributed by atoms with E-state index in [2.05, 4.69) is 15.9 Å². The lowest BCUT2D eigenvalue weighted by Gasteiger charge is -2.14. The first-order valence-corrected chi connectivity index (χ1v) is 6.76. The molecule has 0 amide bonds. The van der Waals surface area contributed by atoms with Crippen molar-refractivity contribution >= 4 is 15.9 Å². The van der Waals surface area contributed by atoms with Gasteiger partial charge in [-0.3, -0.25) is 0 Å². The molecule has 0 saturated heterocycles. The lowest BCUT2D eigenvalue weighted by molar-refractivity contribution is 0.177. The van der Waals surface area contributed by atoms with Gasteiger partial charge in [0.2, 0.25) is 0 Å². The van der Waals surface area contributed by atoms with Gasteiger partial charge in [0.1, 0.15) is 5.75 Å². The maximum absolute atomic E-state index is 13.1. The zero-order valence-corrected chi connectivity index (χ0v) is 12.3. The summed E-state index contributed by atoms with van der Waals surface area (Å²) < 4.78 is 31.8. The van der Waals surface area contributed by atoms with E-state index >= 15 is 0 Å². The molecule has 0 spiro atoms. The first kappa shape index (κ1) is 14.9. The van der Waals surface area contributed by atoms with Crippen LogP contribution in [0.4, 0.5) is 8.78 Å². The molecule has 0 heterocycles. The standard InChI is InChI=1S/C15H13BrF2O2/c1-20-10-3-4-11(12(16)8-10)15(19)7-9-2-5-13(17)14(18)6-9/h2-6,8,15,19H,7H2,1H3. The molecule has 0 bridgehead atoms. The van der Waals surface area contributed by atoms with Crippen molar-refractivity contribution in [3.63, 3.8) is 0 Å². The van der Waals surface area contributed by atoms with E-state index < -0.39 is 17.7 Å². The van der Waals surface area contributed by atoms with Gasteiger partial charge in [-0.05, 0) is 35.4 Å². The molecule has 1 N–H and O–H groups in total. The molecule has 1 atom stereocenters. The largest absolute Gasteiger partial charge is 0.497 e. The van der Waals surface area contributed by atoms with Crippen LogP contribution < -0.4 is 4.74 Å². The molecule has 2 nitrogen and oxygen atoms in total. The normalized spacial score (nSPS) is 12.2. The number of ether oxygens (including phenoxy) is 1. The van der Waals surface area contributed by atoms with E-state index in [1.807, 2.05) is 0 Å². The highest BCUT2D eigenvalue weighted by Crippen LogP contribution is 2.29. The van der Waals surface area contributed by atoms with Crippen LogP contribution in [0.1, 0.15) is 17.2 Å². The number of hydrogen-bond donors (Lipinski definition) is 1. The lowest BCUT2D eigenvalue weighted by Crippen LogP contribution is -2.03. The predicted octanol–water partition coefficient (Wildman–Crippen LogP) is 4.01. The number of hydrogen-bond acceptors (Lipinski definition) is 2. The molecular weight excluding hydrogens is 330 g/mol. The number of aliphatic hydroxyl groups is 1. The Morgan fingerprint density at radius 3 is 2.50 bits per heavy atom. The van der Waals surface area contributed by atoms with Crippen molar-refractivity contribution < 1.29 is 18.6 Å². The molecule has 20 heavy (non-hydrogen) atoms. The summed E-state index contributed by atoms with van der Waals surface area (Å²) in [5, 5.41) is 10.2. The molecule has 106 valence electrons. The number of halogens is 3. The Morgan fingerprint density at radius 1 is 1.15 bits per heavy atom. The molecule has 0 saturated carbocycles. The number of methoxy groups -OCH3 is 1. The molecule has 0 aliphatic heterocycles. The minimum Gasteiger partial charge on any atom is -0.497 e. The fourth-order valence-electron chi connectivity index (χ4n) is 1.90. The molecule has 5 heteroatoms. The Labute approximate surface area is 124 Å². The minimum absolute atomic E-state index is 0.197. The number of aliphatic hydroxyl groups excluding tert-OH is 1. The van der Waals surface area contributed by atoms with Gasteiger partial charge >= 0.3 is 0 Å². The summed E-state index contributed by atoms with van der Waals surface area (Å²) in [6.07, 6.45) is -0.623. The molecule has 0 aliphatic carbocycles. The molecule has 2 rings (SSSR count). The van der Waals surface area contributed by atoms with E-state index in [0.717, 1.165) is 12.1 Å². The van der Waals surface area contributed by atoms with Crippen LogP contribution in [-0.4, -0.2) is 12.2 Å². The third-order valence-corrected chi connectivity index (χ3v) is 3.67. The molecule has 2 aromatic rings. The smallest absolute Gasteiger partial charge is 0.159 e. The third kappa shape index (κ3) is 3.35. The van der Waals surface area contributed by atoms with Crippen LogP contribution in [0, 0.1) is 11.6 Å². The van der Waals surface area contributed by atoms with E-state index in [0.29, 0.717) is 21.3 Å². The fraction of sp³-hybridized carbons (Fsp3) is 0.200. The van der Waals surface area contributed by atoms with E-state index in [1.54, 1.807) is 25.3 Å². The summed E-state index contributed by atoms with van der Waals surface area (Å²) in [6, 6.07) is 8.81. The Morgan fingerprint density at radius 2 is 1.90 bits per heavy atom. The quantitative estimate of drug-likeness (QED) is 0.909. The van der Waals surface area contributed by atoms with Gasteiger partial charge in [-0.25, -0.2) is 8.78 Å². The fourth-order valence-corrected chi connectivity index (χ4v) is 2.53. The molecule has 0 aliphatic rings. The van der Waals surface area contributed by atoms with Crippen LogP contribution in [0.25, 0.3) is 0 Å². The number of benzene rings is 2. The molecule has 0 aromatic heterocycles. The van der Waals surface area contributed by atoms with Crippen LogP contribution in [0.5, 0.6) is 5.75 Å². The van der Waals surface area contributed by atoms with Gasteiger partial charge in [0.15, 0.2) is 11.6 Å². The average molecular weight is 343 g/mol. The zero-order valence-electron chi connectivity index (χ0n) is 10.7. The Balaban J connectivity index is 2.19. The van der Waals surface area contributed by atoms with Crippen LogP contribution in [0.2, 0.25) is 0 Å². The van der Waals surface area contributed by atoms with Crippen molar-refractivity contribution in [1.29, 1.82) is 0 Å². The molecular formula is C15H13BrF2O2. The summed E-state index contributed by atoms with van der Waals surface area (Å²) in [6.45, 7) is 0. The second-order valence-corrected chi connectivity index (χ2v) is 5.21. The summed E-state index contributed by atoms with van der Waals surface area (Å²) in [7, 11) is 1.55.